The summed E-state index contributed by atoms with van der Waals surface area (Å²) < 4.78 is 0. The van der Waals surface area contributed by atoms with E-state index in [1.807, 2.05) is 0 Å². The van der Waals surface area contributed by atoms with Gasteiger partial charge in [0.15, 0.2) is 0 Å². The number of nitrogens with two attached hydrogens (primary N) is 1. The lowest BCUT2D eigenvalue weighted by atomic mass is 10.1. The van der Waals surface area contributed by atoms with Crippen LogP contribution in [-0.2, 0) is 0 Å². The van der Waals surface area contributed by atoms with E-state index in [-0.39, 0.29) is 6.15 Å². The molecule has 2 heteroatoms. The average molecular weight is 116 g/mol. The largest absolute Gasteiger partial charge is 0.344 e. The molecule has 0 spiro atoms. The van der Waals surface area contributed by atoms with E-state index in [2.05, 4.69) is 0 Å². The van der Waals surface area contributed by atoms with E-state index < -0.39 is 0 Å². The van der Waals surface area contributed by atoms with Crippen molar-refractivity contribution in [1.29, 1.82) is 0 Å². The Morgan fingerprint density at radius 3 is 2.00 bits per heavy atom. The van der Waals surface area contributed by atoms with Gasteiger partial charge in [-0.1, -0.05) is 12.8 Å². The molecule has 50 valence electrons. The van der Waals surface area contributed by atoms with Gasteiger partial charge in [0.1, 0.15) is 0 Å². The van der Waals surface area contributed by atoms with Gasteiger partial charge in [0.2, 0.25) is 0 Å². The van der Waals surface area contributed by atoms with E-state index in [1.54, 1.807) is 0 Å². The first-order valence-electron chi connectivity index (χ1n) is 3.13. The molecule has 1 aliphatic rings. The first kappa shape index (κ1) is 7.92. The Balaban J connectivity index is 0.000000490. The fourth-order valence-electron chi connectivity index (χ4n) is 1.25. The predicted molar refractivity (Wildman–Crippen MR) is 36.0 cm³/mol. The molecule has 0 atom stereocenters. The van der Waals surface area contributed by atoms with Crippen LogP contribution in [0, 0.1) is 5.92 Å². The number of hydrogen-bond donors (Lipinski definition) is 2. The van der Waals surface area contributed by atoms with Crippen molar-refractivity contribution in [2.75, 3.05) is 6.54 Å². The Hall–Kier alpha value is -0.0800. The van der Waals surface area contributed by atoms with E-state index in [0.29, 0.717) is 0 Å². The van der Waals surface area contributed by atoms with Crippen LogP contribution in [0.3, 0.4) is 0 Å². The molecule has 0 aromatic heterocycles. The third-order valence-corrected chi connectivity index (χ3v) is 1.81. The van der Waals surface area contributed by atoms with Crippen LogP contribution in [0.5, 0.6) is 0 Å². The van der Waals surface area contributed by atoms with Crippen LogP contribution in [0.1, 0.15) is 25.7 Å². The molecule has 1 saturated carbocycles. The molecule has 0 bridgehead atoms. The molecule has 1 fully saturated rings. The first-order valence-corrected chi connectivity index (χ1v) is 3.13. The summed E-state index contributed by atoms with van der Waals surface area (Å²) in [7, 11) is 0. The Morgan fingerprint density at radius 1 is 1.25 bits per heavy atom. The normalized spacial score (nSPS) is 20.6. The van der Waals surface area contributed by atoms with Crippen molar-refractivity contribution in [3.05, 3.63) is 0 Å². The average Bonchev–Trinajstić information content (AvgIpc) is 2.14. The van der Waals surface area contributed by atoms with Crippen molar-refractivity contribution in [2.24, 2.45) is 11.7 Å². The van der Waals surface area contributed by atoms with Crippen LogP contribution >= 0.6 is 0 Å². The zero-order chi connectivity index (χ0) is 5.11. The van der Waals surface area contributed by atoms with Crippen LogP contribution in [0.4, 0.5) is 0 Å². The second-order valence-electron chi connectivity index (χ2n) is 2.39. The summed E-state index contributed by atoms with van der Waals surface area (Å²) in [5.41, 5.74) is 5.43. The molecule has 0 saturated heterocycles. The monoisotopic (exact) mass is 116 g/mol. The van der Waals surface area contributed by atoms with Gasteiger partial charge in [0.25, 0.3) is 0 Å². The van der Waals surface area contributed by atoms with Gasteiger partial charge in [-0.2, -0.15) is 0 Å². The number of hydrogen-bond acceptors (Lipinski definition) is 2. The highest BCUT2D eigenvalue weighted by Gasteiger charge is 2.11. The highest BCUT2D eigenvalue weighted by Crippen LogP contribution is 2.22. The minimum Gasteiger partial charge on any atom is -0.344 e. The molecule has 0 amide bonds. The maximum Gasteiger partial charge on any atom is -0.00489 e. The van der Waals surface area contributed by atoms with Gasteiger partial charge in [-0.15, -0.1) is 0 Å². The van der Waals surface area contributed by atoms with Gasteiger partial charge in [-0.3, -0.25) is 0 Å². The van der Waals surface area contributed by atoms with Crippen LogP contribution < -0.4 is 11.9 Å². The third-order valence-electron chi connectivity index (χ3n) is 1.81. The molecule has 1 rings (SSSR count). The molecular formula is C6H16N2. The summed E-state index contributed by atoms with van der Waals surface area (Å²) in [6, 6.07) is 0. The Morgan fingerprint density at radius 2 is 1.75 bits per heavy atom. The molecule has 0 aromatic carbocycles. The van der Waals surface area contributed by atoms with E-state index >= 15 is 0 Å². The lowest BCUT2D eigenvalue weighted by molar-refractivity contribution is 0.562. The molecule has 0 radical (unpaired) electrons. The minimum atomic E-state index is 0. The van der Waals surface area contributed by atoms with Crippen molar-refractivity contribution in [1.82, 2.24) is 6.15 Å². The van der Waals surface area contributed by atoms with Gasteiger partial charge in [0.05, 0.1) is 0 Å². The maximum atomic E-state index is 5.43. The fourth-order valence-corrected chi connectivity index (χ4v) is 1.25. The molecule has 1 aliphatic carbocycles. The Bertz CT molecular complexity index is 48.5. The second kappa shape index (κ2) is 3.87. The zero-order valence-electron chi connectivity index (χ0n) is 5.40. The molecule has 5 N–H and O–H groups in total. The van der Waals surface area contributed by atoms with Crippen molar-refractivity contribution >= 4 is 0 Å². The molecule has 0 aromatic rings. The first-order chi connectivity index (χ1) is 3.43. The highest BCUT2D eigenvalue weighted by molar-refractivity contribution is 4.66. The summed E-state index contributed by atoms with van der Waals surface area (Å²) in [5, 5.41) is 0. The van der Waals surface area contributed by atoms with E-state index in [4.69, 9.17) is 5.73 Å². The Labute approximate surface area is 51.0 Å². The number of rotatable bonds is 1. The van der Waals surface area contributed by atoms with Gasteiger partial charge in [-0.05, 0) is 25.3 Å². The van der Waals surface area contributed by atoms with Crippen LogP contribution in [0.2, 0.25) is 0 Å². The van der Waals surface area contributed by atoms with Crippen LogP contribution in [0.25, 0.3) is 0 Å². The van der Waals surface area contributed by atoms with Crippen molar-refractivity contribution in [3.8, 4) is 0 Å². The van der Waals surface area contributed by atoms with Crippen molar-refractivity contribution in [2.45, 2.75) is 25.7 Å². The quantitative estimate of drug-likeness (QED) is 0.542. The van der Waals surface area contributed by atoms with Crippen molar-refractivity contribution < 1.29 is 0 Å². The Kier molecular flexibility index (Phi) is 3.83. The van der Waals surface area contributed by atoms with E-state index in [1.165, 1.54) is 25.7 Å². The maximum absolute atomic E-state index is 5.43. The predicted octanol–water partition coefficient (Wildman–Crippen LogP) is 1.30. The summed E-state index contributed by atoms with van der Waals surface area (Å²) in [5.74, 6) is 0.875. The van der Waals surface area contributed by atoms with E-state index in [9.17, 15) is 0 Å². The minimum absolute atomic E-state index is 0. The summed E-state index contributed by atoms with van der Waals surface area (Å²) in [4.78, 5) is 0. The van der Waals surface area contributed by atoms with Gasteiger partial charge in [-0.25, -0.2) is 0 Å². The van der Waals surface area contributed by atoms with E-state index in [0.717, 1.165) is 12.5 Å². The van der Waals surface area contributed by atoms with Crippen molar-refractivity contribution in [3.63, 3.8) is 0 Å². The molecule has 0 unspecified atom stereocenters. The lowest BCUT2D eigenvalue weighted by Crippen LogP contribution is -2.09. The molecular weight excluding hydrogens is 100 g/mol. The molecule has 8 heavy (non-hydrogen) atoms. The topological polar surface area (TPSA) is 61.0 Å². The van der Waals surface area contributed by atoms with Crippen LogP contribution in [-0.4, -0.2) is 6.54 Å². The van der Waals surface area contributed by atoms with Gasteiger partial charge < -0.3 is 11.9 Å². The third kappa shape index (κ3) is 1.80. The summed E-state index contributed by atoms with van der Waals surface area (Å²) >= 11 is 0. The van der Waals surface area contributed by atoms with Gasteiger partial charge in [0, 0.05) is 0 Å². The SMILES string of the molecule is N.NCC1CCCC1. The molecule has 0 heterocycles. The lowest BCUT2D eigenvalue weighted by Gasteiger charge is -1.99. The summed E-state index contributed by atoms with van der Waals surface area (Å²) in [6.45, 7) is 0.917. The molecule has 2 nitrogen and oxygen atoms in total. The molecule has 0 aliphatic heterocycles. The standard InChI is InChI=1S/C6H13N.H3N/c7-5-6-3-1-2-4-6;/h6H,1-5,7H2;1H3. The van der Waals surface area contributed by atoms with Gasteiger partial charge >= 0.3 is 0 Å². The zero-order valence-corrected chi connectivity index (χ0v) is 5.40. The summed E-state index contributed by atoms with van der Waals surface area (Å²) in [6.07, 6.45) is 5.61. The smallest absolute Gasteiger partial charge is 0.00489 e. The second-order valence-corrected chi connectivity index (χ2v) is 2.39. The highest BCUT2D eigenvalue weighted by atomic mass is 14.5. The van der Waals surface area contributed by atoms with Crippen LogP contribution in [0.15, 0.2) is 0 Å². The fraction of sp³-hybridized carbons (Fsp3) is 1.00.